The van der Waals surface area contributed by atoms with Crippen LogP contribution in [-0.4, -0.2) is 68.3 Å². The van der Waals surface area contributed by atoms with Gasteiger partial charge in [0.15, 0.2) is 0 Å². The molecule has 1 aliphatic rings. The van der Waals surface area contributed by atoms with Gasteiger partial charge in [-0.2, -0.15) is 11.8 Å². The number of rotatable bonds is 9. The average molecular weight is 367 g/mol. The van der Waals surface area contributed by atoms with E-state index in [0.717, 1.165) is 31.7 Å². The van der Waals surface area contributed by atoms with Gasteiger partial charge in [0.05, 0.1) is 6.61 Å². The molecule has 1 aromatic carbocycles. The third kappa shape index (κ3) is 6.53. The third-order valence-electron chi connectivity index (χ3n) is 4.50. The fourth-order valence-electron chi connectivity index (χ4n) is 3.05. The highest BCUT2D eigenvalue weighted by molar-refractivity contribution is 7.98. The molecule has 1 aliphatic heterocycles. The minimum atomic E-state index is -0.0943. The number of thioether (sulfide) groups is 1. The number of carbonyl (C=O) groups is 1. The van der Waals surface area contributed by atoms with Crippen molar-refractivity contribution in [1.29, 1.82) is 0 Å². The summed E-state index contributed by atoms with van der Waals surface area (Å²) in [5, 5.41) is 2.83. The predicted octanol–water partition coefficient (Wildman–Crippen LogP) is 2.66. The van der Waals surface area contributed by atoms with Gasteiger partial charge < -0.3 is 14.8 Å². The summed E-state index contributed by atoms with van der Waals surface area (Å²) in [5.41, 5.74) is 0.625. The molecular weight excluding hydrogens is 336 g/mol. The summed E-state index contributed by atoms with van der Waals surface area (Å²) in [6, 6.07) is 8.05. The molecule has 1 fully saturated rings. The van der Waals surface area contributed by atoms with Gasteiger partial charge in [0, 0.05) is 44.1 Å². The highest BCUT2D eigenvalue weighted by Crippen LogP contribution is 2.21. The van der Waals surface area contributed by atoms with E-state index in [1.54, 1.807) is 7.11 Å². The van der Waals surface area contributed by atoms with E-state index in [4.69, 9.17) is 9.47 Å². The van der Waals surface area contributed by atoms with E-state index in [9.17, 15) is 4.79 Å². The Bertz CT molecular complexity index is 533. The van der Waals surface area contributed by atoms with E-state index >= 15 is 0 Å². The number of methoxy groups -OCH3 is 1. The zero-order chi connectivity index (χ0) is 18.1. The van der Waals surface area contributed by atoms with Crippen LogP contribution in [0.3, 0.4) is 0 Å². The number of hydrogen-bond donors (Lipinski definition) is 1. The van der Waals surface area contributed by atoms with Gasteiger partial charge in [0.25, 0.3) is 5.91 Å². The Morgan fingerprint density at radius 3 is 2.84 bits per heavy atom. The number of hydrogen-bond acceptors (Lipinski definition) is 5. The van der Waals surface area contributed by atoms with Crippen molar-refractivity contribution in [2.75, 3.05) is 45.4 Å². The lowest BCUT2D eigenvalue weighted by Crippen LogP contribution is -2.43. The molecule has 6 heteroatoms. The zero-order valence-corrected chi connectivity index (χ0v) is 16.3. The van der Waals surface area contributed by atoms with Crippen molar-refractivity contribution < 1.29 is 14.3 Å². The highest BCUT2D eigenvalue weighted by atomic mass is 32.2. The second kappa shape index (κ2) is 10.7. The SMILES string of the molecule is COCCNC(=O)c1cccc(OC2CCN([C@H](C)CSC)CC2)c1. The lowest BCUT2D eigenvalue weighted by molar-refractivity contribution is 0.0848. The molecule has 1 N–H and O–H groups in total. The highest BCUT2D eigenvalue weighted by Gasteiger charge is 2.23. The Kier molecular flexibility index (Phi) is 8.58. The van der Waals surface area contributed by atoms with Gasteiger partial charge in [-0.1, -0.05) is 6.07 Å². The summed E-state index contributed by atoms with van der Waals surface area (Å²) in [5.74, 6) is 1.85. The van der Waals surface area contributed by atoms with E-state index in [1.807, 2.05) is 36.0 Å². The molecule has 0 aliphatic carbocycles. The molecule has 140 valence electrons. The van der Waals surface area contributed by atoms with E-state index in [-0.39, 0.29) is 12.0 Å². The monoisotopic (exact) mass is 366 g/mol. The van der Waals surface area contributed by atoms with Gasteiger partial charge in [-0.05, 0) is 44.2 Å². The fourth-order valence-corrected chi connectivity index (χ4v) is 3.75. The first kappa shape index (κ1) is 20.1. The van der Waals surface area contributed by atoms with Crippen molar-refractivity contribution in [3.8, 4) is 5.75 Å². The molecule has 1 saturated heterocycles. The van der Waals surface area contributed by atoms with Gasteiger partial charge in [0.2, 0.25) is 0 Å². The van der Waals surface area contributed by atoms with Gasteiger partial charge in [-0.15, -0.1) is 0 Å². The number of ether oxygens (including phenoxy) is 2. The Labute approximate surface area is 155 Å². The van der Waals surface area contributed by atoms with Crippen LogP contribution in [0, 0.1) is 0 Å². The van der Waals surface area contributed by atoms with Crippen molar-refractivity contribution in [2.45, 2.75) is 31.9 Å². The topological polar surface area (TPSA) is 50.8 Å². The number of nitrogens with zero attached hydrogens (tertiary/aromatic N) is 1. The predicted molar refractivity (Wildman–Crippen MR) is 104 cm³/mol. The standard InChI is InChI=1S/C19H30N2O3S/c1-15(14-25-3)21-10-7-17(8-11-21)24-18-6-4-5-16(13-18)19(22)20-9-12-23-2/h4-6,13,15,17H,7-12,14H2,1-3H3,(H,20,22)/t15-/m1/s1. The van der Waals surface area contributed by atoms with Gasteiger partial charge in [0.1, 0.15) is 11.9 Å². The number of likely N-dealkylation sites (tertiary alicyclic amines) is 1. The van der Waals surface area contributed by atoms with E-state index in [1.165, 1.54) is 5.75 Å². The number of benzene rings is 1. The minimum absolute atomic E-state index is 0.0943. The summed E-state index contributed by atoms with van der Waals surface area (Å²) in [7, 11) is 1.62. The maximum atomic E-state index is 12.1. The smallest absolute Gasteiger partial charge is 0.251 e. The molecule has 1 amide bonds. The van der Waals surface area contributed by atoms with Crippen LogP contribution in [0.5, 0.6) is 5.75 Å². The largest absolute Gasteiger partial charge is 0.490 e. The summed E-state index contributed by atoms with van der Waals surface area (Å²) in [6.07, 6.45) is 4.45. The summed E-state index contributed by atoms with van der Waals surface area (Å²) >= 11 is 1.90. The van der Waals surface area contributed by atoms with Crippen LogP contribution in [0.1, 0.15) is 30.1 Å². The van der Waals surface area contributed by atoms with Gasteiger partial charge in [-0.25, -0.2) is 0 Å². The fraction of sp³-hybridized carbons (Fsp3) is 0.632. The second-order valence-electron chi connectivity index (χ2n) is 6.43. The van der Waals surface area contributed by atoms with Crippen molar-refractivity contribution in [2.24, 2.45) is 0 Å². The summed E-state index contributed by atoms with van der Waals surface area (Å²) in [6.45, 7) is 5.46. The Morgan fingerprint density at radius 1 is 1.40 bits per heavy atom. The molecule has 0 bridgehead atoms. The van der Waals surface area contributed by atoms with E-state index < -0.39 is 0 Å². The van der Waals surface area contributed by atoms with Crippen molar-refractivity contribution >= 4 is 17.7 Å². The van der Waals surface area contributed by atoms with Crippen LogP contribution >= 0.6 is 11.8 Å². The van der Waals surface area contributed by atoms with Crippen molar-refractivity contribution in [3.05, 3.63) is 29.8 Å². The number of piperidine rings is 1. The maximum absolute atomic E-state index is 12.1. The van der Waals surface area contributed by atoms with Crippen LogP contribution in [0.15, 0.2) is 24.3 Å². The van der Waals surface area contributed by atoms with E-state index in [2.05, 4.69) is 23.4 Å². The number of amides is 1. The van der Waals surface area contributed by atoms with Crippen LogP contribution < -0.4 is 10.1 Å². The molecule has 0 spiro atoms. The molecule has 0 saturated carbocycles. The maximum Gasteiger partial charge on any atom is 0.251 e. The molecule has 25 heavy (non-hydrogen) atoms. The normalized spacial score (nSPS) is 17.2. The third-order valence-corrected chi connectivity index (χ3v) is 5.31. The van der Waals surface area contributed by atoms with Crippen LogP contribution in [0.25, 0.3) is 0 Å². The molecule has 1 heterocycles. The Morgan fingerprint density at radius 2 is 2.16 bits per heavy atom. The van der Waals surface area contributed by atoms with E-state index in [0.29, 0.717) is 24.8 Å². The Hall–Kier alpha value is -1.24. The molecule has 1 atom stereocenters. The van der Waals surface area contributed by atoms with Crippen molar-refractivity contribution in [1.82, 2.24) is 10.2 Å². The lowest BCUT2D eigenvalue weighted by Gasteiger charge is -2.35. The number of carbonyl (C=O) groups excluding carboxylic acids is 1. The molecule has 0 unspecified atom stereocenters. The molecule has 0 aromatic heterocycles. The minimum Gasteiger partial charge on any atom is -0.490 e. The molecule has 1 aromatic rings. The van der Waals surface area contributed by atoms with Gasteiger partial charge >= 0.3 is 0 Å². The quantitative estimate of drug-likeness (QED) is 0.681. The van der Waals surface area contributed by atoms with Crippen LogP contribution in [0.4, 0.5) is 0 Å². The summed E-state index contributed by atoms with van der Waals surface area (Å²) in [4.78, 5) is 14.7. The molecule has 5 nitrogen and oxygen atoms in total. The Balaban J connectivity index is 1.83. The lowest BCUT2D eigenvalue weighted by atomic mass is 10.1. The second-order valence-corrected chi connectivity index (χ2v) is 7.34. The average Bonchev–Trinajstić information content (AvgIpc) is 2.63. The first-order valence-corrected chi connectivity index (χ1v) is 10.3. The van der Waals surface area contributed by atoms with Crippen LogP contribution in [0.2, 0.25) is 0 Å². The first-order valence-electron chi connectivity index (χ1n) is 8.91. The molecular formula is C19H30N2O3S. The van der Waals surface area contributed by atoms with Crippen LogP contribution in [-0.2, 0) is 4.74 Å². The van der Waals surface area contributed by atoms with Gasteiger partial charge in [-0.3, -0.25) is 9.69 Å². The van der Waals surface area contributed by atoms with Crippen molar-refractivity contribution in [3.63, 3.8) is 0 Å². The number of nitrogens with one attached hydrogen (secondary N) is 1. The summed E-state index contributed by atoms with van der Waals surface area (Å²) < 4.78 is 11.1. The molecule has 0 radical (unpaired) electrons. The zero-order valence-electron chi connectivity index (χ0n) is 15.5. The first-order chi connectivity index (χ1) is 12.1. The molecule has 2 rings (SSSR count).